The van der Waals surface area contributed by atoms with E-state index in [0.717, 1.165) is 0 Å². The highest BCUT2D eigenvalue weighted by molar-refractivity contribution is 5.82. The Kier molecular flexibility index (Phi) is 3.22. The predicted octanol–water partition coefficient (Wildman–Crippen LogP) is 0.497. The molecule has 8 heteroatoms. The number of alkyl halides is 3. The first-order valence-electron chi connectivity index (χ1n) is 5.50. The molecule has 1 unspecified atom stereocenters. The molecule has 2 aliphatic heterocycles. The molecule has 0 bridgehead atoms. The van der Waals surface area contributed by atoms with Crippen molar-refractivity contribution in [2.45, 2.75) is 18.6 Å². The van der Waals surface area contributed by atoms with Gasteiger partial charge in [-0.25, -0.2) is 0 Å². The Bertz CT molecular complexity index is 371. The summed E-state index contributed by atoms with van der Waals surface area (Å²) in [7, 11) is 0. The second-order valence-corrected chi connectivity index (χ2v) is 4.50. The van der Waals surface area contributed by atoms with Crippen molar-refractivity contribution in [1.82, 2.24) is 4.90 Å². The van der Waals surface area contributed by atoms with E-state index in [1.54, 1.807) is 0 Å². The minimum absolute atomic E-state index is 0.0294. The lowest BCUT2D eigenvalue weighted by Gasteiger charge is -2.39. The molecule has 2 saturated heterocycles. The molecule has 0 saturated carbocycles. The Labute approximate surface area is 100 Å². The fourth-order valence-electron chi connectivity index (χ4n) is 2.64. The summed E-state index contributed by atoms with van der Waals surface area (Å²) >= 11 is 0. The number of carboxylic acids is 1. The van der Waals surface area contributed by atoms with Crippen molar-refractivity contribution in [3.8, 4) is 0 Å². The number of amides is 1. The lowest BCUT2D eigenvalue weighted by atomic mass is 9.81. The Morgan fingerprint density at radius 1 is 1.28 bits per heavy atom. The van der Waals surface area contributed by atoms with Crippen LogP contribution in [0.25, 0.3) is 0 Å². The first-order valence-corrected chi connectivity index (χ1v) is 5.50. The second-order valence-electron chi connectivity index (χ2n) is 4.50. The Hall–Kier alpha value is -1.31. The third kappa shape index (κ3) is 2.16. The maximum absolute atomic E-state index is 12.4. The van der Waals surface area contributed by atoms with Gasteiger partial charge in [0.2, 0.25) is 0 Å². The van der Waals surface area contributed by atoms with Crippen molar-refractivity contribution in [2.75, 3.05) is 19.8 Å². The zero-order valence-electron chi connectivity index (χ0n) is 9.31. The lowest BCUT2D eigenvalue weighted by Crippen LogP contribution is -2.56. The Morgan fingerprint density at radius 3 is 2.50 bits per heavy atom. The summed E-state index contributed by atoms with van der Waals surface area (Å²) < 4.78 is 42.2. The summed E-state index contributed by atoms with van der Waals surface area (Å²) in [6.45, 7) is -0.140. The highest BCUT2D eigenvalue weighted by Gasteiger charge is 2.52. The van der Waals surface area contributed by atoms with Gasteiger partial charge in [-0.3, -0.25) is 9.59 Å². The van der Waals surface area contributed by atoms with Crippen LogP contribution in [-0.4, -0.2) is 53.9 Å². The molecule has 0 aliphatic carbocycles. The van der Waals surface area contributed by atoms with Crippen LogP contribution in [0.1, 0.15) is 6.42 Å². The number of halogens is 3. The third-order valence-electron chi connectivity index (χ3n) is 3.51. The van der Waals surface area contributed by atoms with E-state index in [0.29, 0.717) is 4.90 Å². The number of fused-ring (bicyclic) bond motifs is 1. The van der Waals surface area contributed by atoms with E-state index < -0.39 is 35.9 Å². The van der Waals surface area contributed by atoms with Crippen LogP contribution in [0.15, 0.2) is 0 Å². The molecule has 0 aromatic rings. The van der Waals surface area contributed by atoms with Gasteiger partial charge in [0.05, 0.1) is 25.2 Å². The molecule has 18 heavy (non-hydrogen) atoms. The summed E-state index contributed by atoms with van der Waals surface area (Å²) in [4.78, 5) is 22.9. The van der Waals surface area contributed by atoms with Crippen LogP contribution in [0.5, 0.6) is 0 Å². The van der Waals surface area contributed by atoms with Crippen LogP contribution in [0, 0.1) is 11.8 Å². The van der Waals surface area contributed by atoms with Crippen LogP contribution in [-0.2, 0) is 14.3 Å². The van der Waals surface area contributed by atoms with E-state index in [2.05, 4.69) is 0 Å². The number of hydrogen-bond donors (Lipinski definition) is 1. The number of nitrogens with zero attached hydrogens (tertiary/aromatic N) is 1. The molecule has 1 N–H and O–H groups in total. The predicted molar refractivity (Wildman–Crippen MR) is 51.6 cm³/mol. The van der Waals surface area contributed by atoms with Crippen LogP contribution >= 0.6 is 0 Å². The third-order valence-corrected chi connectivity index (χ3v) is 3.51. The molecular weight excluding hydrogens is 255 g/mol. The van der Waals surface area contributed by atoms with Gasteiger partial charge in [-0.2, -0.15) is 13.2 Å². The zero-order chi connectivity index (χ0) is 13.5. The monoisotopic (exact) mass is 267 g/mol. The second kappa shape index (κ2) is 4.42. The van der Waals surface area contributed by atoms with Gasteiger partial charge < -0.3 is 14.7 Å². The van der Waals surface area contributed by atoms with Gasteiger partial charge in [0.25, 0.3) is 0 Å². The van der Waals surface area contributed by atoms with E-state index >= 15 is 0 Å². The van der Waals surface area contributed by atoms with Gasteiger partial charge >= 0.3 is 18.1 Å². The first-order chi connectivity index (χ1) is 8.32. The van der Waals surface area contributed by atoms with Crippen molar-refractivity contribution >= 4 is 11.9 Å². The average molecular weight is 267 g/mol. The van der Waals surface area contributed by atoms with E-state index in [-0.39, 0.29) is 26.2 Å². The smallest absolute Gasteiger partial charge is 0.471 e. The standard InChI is InChI=1S/C10H12F3NO4/c11-10(12,13)9(17)14-2-1-5(8(15)16)6-3-18-4-7(6)14/h5-7H,1-4H2,(H,15,16)/t5?,6-,7+/m1/s1. The maximum Gasteiger partial charge on any atom is 0.471 e. The zero-order valence-corrected chi connectivity index (χ0v) is 9.31. The van der Waals surface area contributed by atoms with Gasteiger partial charge in [-0.05, 0) is 6.42 Å². The van der Waals surface area contributed by atoms with Crippen molar-refractivity contribution < 1.29 is 32.6 Å². The maximum atomic E-state index is 12.4. The summed E-state index contributed by atoms with van der Waals surface area (Å²) in [6.07, 6.45) is -4.90. The highest BCUT2D eigenvalue weighted by atomic mass is 19.4. The Balaban J connectivity index is 2.18. The van der Waals surface area contributed by atoms with Crippen molar-refractivity contribution in [3.63, 3.8) is 0 Å². The van der Waals surface area contributed by atoms with Crippen molar-refractivity contribution in [3.05, 3.63) is 0 Å². The summed E-state index contributed by atoms with van der Waals surface area (Å²) in [5, 5.41) is 8.99. The Morgan fingerprint density at radius 2 is 1.94 bits per heavy atom. The topological polar surface area (TPSA) is 66.8 Å². The molecule has 0 aromatic carbocycles. The number of piperidine rings is 1. The minimum Gasteiger partial charge on any atom is -0.481 e. The molecule has 2 heterocycles. The molecule has 2 fully saturated rings. The molecule has 1 amide bonds. The van der Waals surface area contributed by atoms with E-state index in [1.807, 2.05) is 0 Å². The molecule has 0 aromatic heterocycles. The molecule has 0 spiro atoms. The molecule has 0 radical (unpaired) electrons. The van der Waals surface area contributed by atoms with Crippen LogP contribution in [0.4, 0.5) is 13.2 Å². The number of likely N-dealkylation sites (tertiary alicyclic amines) is 1. The van der Waals surface area contributed by atoms with Gasteiger partial charge in [0.15, 0.2) is 0 Å². The number of carbonyl (C=O) groups is 2. The molecule has 2 rings (SSSR count). The number of carbonyl (C=O) groups excluding carboxylic acids is 1. The lowest BCUT2D eigenvalue weighted by molar-refractivity contribution is -0.191. The average Bonchev–Trinajstić information content (AvgIpc) is 2.73. The molecular formula is C10H12F3NO4. The number of aliphatic carboxylic acids is 1. The summed E-state index contributed by atoms with van der Waals surface area (Å²) in [5.41, 5.74) is 0. The van der Waals surface area contributed by atoms with Gasteiger partial charge in [-0.15, -0.1) is 0 Å². The van der Waals surface area contributed by atoms with Gasteiger partial charge in [0, 0.05) is 12.5 Å². The first kappa shape index (κ1) is 13.1. The van der Waals surface area contributed by atoms with Crippen molar-refractivity contribution in [1.29, 1.82) is 0 Å². The van der Waals surface area contributed by atoms with Crippen LogP contribution < -0.4 is 0 Å². The summed E-state index contributed by atoms with van der Waals surface area (Å²) in [6, 6.07) is -0.783. The fourth-order valence-corrected chi connectivity index (χ4v) is 2.64. The van der Waals surface area contributed by atoms with Crippen LogP contribution in [0.3, 0.4) is 0 Å². The van der Waals surface area contributed by atoms with Gasteiger partial charge in [-0.1, -0.05) is 0 Å². The molecule has 5 nitrogen and oxygen atoms in total. The fraction of sp³-hybridized carbons (Fsp3) is 0.800. The number of hydrogen-bond acceptors (Lipinski definition) is 3. The van der Waals surface area contributed by atoms with E-state index in [1.165, 1.54) is 0 Å². The van der Waals surface area contributed by atoms with Crippen LogP contribution in [0.2, 0.25) is 0 Å². The minimum atomic E-state index is -4.93. The number of carboxylic acid groups (broad SMARTS) is 1. The molecule has 102 valence electrons. The quantitative estimate of drug-likeness (QED) is 0.751. The number of rotatable bonds is 1. The normalized spacial score (nSPS) is 32.2. The number of ether oxygens (including phenoxy) is 1. The van der Waals surface area contributed by atoms with E-state index in [9.17, 15) is 22.8 Å². The molecule has 3 atom stereocenters. The van der Waals surface area contributed by atoms with Gasteiger partial charge in [0.1, 0.15) is 0 Å². The van der Waals surface area contributed by atoms with E-state index in [4.69, 9.17) is 9.84 Å². The molecule has 2 aliphatic rings. The SMILES string of the molecule is O=C(O)C1CCN(C(=O)C(F)(F)F)[C@H]2COC[C@H]12. The summed E-state index contributed by atoms with van der Waals surface area (Å²) in [5.74, 6) is -4.25. The van der Waals surface area contributed by atoms with Crippen molar-refractivity contribution in [2.24, 2.45) is 11.8 Å². The highest BCUT2D eigenvalue weighted by Crippen LogP contribution is 2.36. The largest absolute Gasteiger partial charge is 0.481 e.